The molecule has 0 spiro atoms. The summed E-state index contributed by atoms with van der Waals surface area (Å²) in [7, 11) is 0. The molecule has 1 atom stereocenters. The second kappa shape index (κ2) is 5.52. The highest BCUT2D eigenvalue weighted by molar-refractivity contribution is 9.10. The Hall–Kier alpha value is -1.42. The zero-order valence-electron chi connectivity index (χ0n) is 11.3. The molecule has 3 rings (SSSR count). The van der Waals surface area contributed by atoms with Crippen LogP contribution in [0.2, 0.25) is 0 Å². The Kier molecular flexibility index (Phi) is 3.74. The number of nitrogens with one attached hydrogen (secondary N) is 1. The van der Waals surface area contributed by atoms with E-state index in [1.807, 2.05) is 19.2 Å². The van der Waals surface area contributed by atoms with Crippen molar-refractivity contribution >= 4 is 21.6 Å². The zero-order chi connectivity index (χ0) is 14.1. The van der Waals surface area contributed by atoms with Gasteiger partial charge in [-0.2, -0.15) is 0 Å². The number of halogens is 2. The van der Waals surface area contributed by atoms with Crippen LogP contribution in [-0.2, 0) is 6.42 Å². The molecule has 0 radical (unpaired) electrons. The van der Waals surface area contributed by atoms with E-state index in [4.69, 9.17) is 0 Å². The minimum Gasteiger partial charge on any atom is -0.376 e. The summed E-state index contributed by atoms with van der Waals surface area (Å²) in [6.07, 6.45) is 5.07. The number of hydrogen-bond acceptors (Lipinski definition) is 2. The van der Waals surface area contributed by atoms with E-state index < -0.39 is 0 Å². The molecule has 0 fully saturated rings. The monoisotopic (exact) mass is 334 g/mol. The van der Waals surface area contributed by atoms with Crippen LogP contribution in [-0.4, -0.2) is 4.98 Å². The summed E-state index contributed by atoms with van der Waals surface area (Å²) in [6, 6.07) is 7.63. The molecule has 4 heteroatoms. The molecule has 1 aromatic carbocycles. The number of fused-ring (bicyclic) bond motifs is 1. The van der Waals surface area contributed by atoms with E-state index in [2.05, 4.69) is 32.3 Å². The van der Waals surface area contributed by atoms with Crippen molar-refractivity contribution in [2.45, 2.75) is 32.2 Å². The highest BCUT2D eigenvalue weighted by Gasteiger charge is 2.21. The number of anilines is 1. The quantitative estimate of drug-likeness (QED) is 0.854. The molecule has 2 aromatic rings. The van der Waals surface area contributed by atoms with Crippen molar-refractivity contribution in [1.29, 1.82) is 0 Å². The van der Waals surface area contributed by atoms with Gasteiger partial charge in [0.15, 0.2) is 0 Å². The highest BCUT2D eigenvalue weighted by atomic mass is 79.9. The molecular weight excluding hydrogens is 319 g/mol. The third-order valence-corrected chi connectivity index (χ3v) is 4.40. The normalized spacial score (nSPS) is 17.6. The standard InChI is InChI=1S/C16H16BrFN2/c1-10-8-12(17)13(18)9-15(10)20-14-6-2-4-11-5-3-7-19-16(11)14/h3,5,7-9,14,20H,2,4,6H2,1H3. The third-order valence-electron chi connectivity index (χ3n) is 3.79. The third kappa shape index (κ3) is 2.57. The number of pyridine rings is 1. The average Bonchev–Trinajstić information content (AvgIpc) is 2.45. The van der Waals surface area contributed by atoms with E-state index in [0.717, 1.165) is 36.2 Å². The molecule has 20 heavy (non-hydrogen) atoms. The molecule has 1 aromatic heterocycles. The minimum absolute atomic E-state index is 0.166. The summed E-state index contributed by atoms with van der Waals surface area (Å²) in [5.74, 6) is -0.241. The first-order valence-electron chi connectivity index (χ1n) is 6.81. The second-order valence-corrected chi connectivity index (χ2v) is 6.07. The van der Waals surface area contributed by atoms with E-state index >= 15 is 0 Å². The molecule has 1 heterocycles. The van der Waals surface area contributed by atoms with Gasteiger partial charge in [0.2, 0.25) is 0 Å². The first-order chi connectivity index (χ1) is 9.65. The molecule has 1 aliphatic carbocycles. The molecule has 0 bridgehead atoms. The smallest absolute Gasteiger partial charge is 0.139 e. The fourth-order valence-electron chi connectivity index (χ4n) is 2.74. The fourth-order valence-corrected chi connectivity index (χ4v) is 3.20. The van der Waals surface area contributed by atoms with Crippen molar-refractivity contribution in [2.24, 2.45) is 0 Å². The predicted molar refractivity (Wildman–Crippen MR) is 82.4 cm³/mol. The van der Waals surface area contributed by atoms with Gasteiger partial charge in [0.1, 0.15) is 5.82 Å². The summed E-state index contributed by atoms with van der Waals surface area (Å²) in [4.78, 5) is 4.50. The Morgan fingerprint density at radius 1 is 1.40 bits per heavy atom. The van der Waals surface area contributed by atoms with Gasteiger partial charge in [-0.1, -0.05) is 6.07 Å². The lowest BCUT2D eigenvalue weighted by molar-refractivity contribution is 0.581. The first kappa shape index (κ1) is 13.6. The van der Waals surface area contributed by atoms with Gasteiger partial charge in [-0.05, 0) is 71.4 Å². The van der Waals surface area contributed by atoms with Crippen molar-refractivity contribution in [3.05, 3.63) is 57.6 Å². The molecule has 0 saturated carbocycles. The lowest BCUT2D eigenvalue weighted by Crippen LogP contribution is -2.19. The predicted octanol–water partition coefficient (Wildman–Crippen LogP) is 4.78. The first-order valence-corrected chi connectivity index (χ1v) is 7.60. The van der Waals surface area contributed by atoms with Gasteiger partial charge in [-0.25, -0.2) is 4.39 Å². The van der Waals surface area contributed by atoms with E-state index in [0.29, 0.717) is 4.47 Å². The summed E-state index contributed by atoms with van der Waals surface area (Å²) < 4.78 is 14.2. The van der Waals surface area contributed by atoms with Gasteiger partial charge in [-0.3, -0.25) is 4.98 Å². The lowest BCUT2D eigenvalue weighted by atomic mass is 9.91. The van der Waals surface area contributed by atoms with Crippen LogP contribution in [0.1, 0.15) is 35.7 Å². The number of aryl methyl sites for hydroxylation is 2. The van der Waals surface area contributed by atoms with Gasteiger partial charge < -0.3 is 5.32 Å². The van der Waals surface area contributed by atoms with Crippen LogP contribution in [0.25, 0.3) is 0 Å². The molecular formula is C16H16BrFN2. The topological polar surface area (TPSA) is 24.9 Å². The van der Waals surface area contributed by atoms with Crippen LogP contribution in [0.15, 0.2) is 34.9 Å². The van der Waals surface area contributed by atoms with E-state index in [9.17, 15) is 4.39 Å². The van der Waals surface area contributed by atoms with Crippen LogP contribution < -0.4 is 5.32 Å². The number of nitrogens with zero attached hydrogens (tertiary/aromatic N) is 1. The van der Waals surface area contributed by atoms with Crippen molar-refractivity contribution in [3.63, 3.8) is 0 Å². The number of hydrogen-bond donors (Lipinski definition) is 1. The Balaban J connectivity index is 1.91. The molecule has 0 aliphatic heterocycles. The minimum atomic E-state index is -0.241. The molecule has 0 amide bonds. The lowest BCUT2D eigenvalue weighted by Gasteiger charge is -2.26. The Bertz CT molecular complexity index is 642. The van der Waals surface area contributed by atoms with Gasteiger partial charge >= 0.3 is 0 Å². The SMILES string of the molecule is Cc1cc(Br)c(F)cc1NC1CCCc2cccnc21. The number of benzene rings is 1. The Labute approximate surface area is 126 Å². The maximum absolute atomic E-state index is 13.7. The van der Waals surface area contributed by atoms with Gasteiger partial charge in [-0.15, -0.1) is 0 Å². The molecule has 1 N–H and O–H groups in total. The second-order valence-electron chi connectivity index (χ2n) is 5.22. The van der Waals surface area contributed by atoms with Crippen LogP contribution in [0.4, 0.5) is 10.1 Å². The maximum atomic E-state index is 13.7. The van der Waals surface area contributed by atoms with Gasteiger partial charge in [0, 0.05) is 11.9 Å². The fraction of sp³-hybridized carbons (Fsp3) is 0.312. The molecule has 1 aliphatic rings. The van der Waals surface area contributed by atoms with Crippen molar-refractivity contribution in [1.82, 2.24) is 4.98 Å². The summed E-state index contributed by atoms with van der Waals surface area (Å²) in [6.45, 7) is 1.98. The average molecular weight is 335 g/mol. The summed E-state index contributed by atoms with van der Waals surface area (Å²) in [5, 5.41) is 3.45. The Morgan fingerprint density at radius 3 is 3.10 bits per heavy atom. The molecule has 1 unspecified atom stereocenters. The van der Waals surface area contributed by atoms with Crippen LogP contribution in [0.5, 0.6) is 0 Å². The summed E-state index contributed by atoms with van der Waals surface area (Å²) >= 11 is 3.22. The molecule has 2 nitrogen and oxygen atoms in total. The Morgan fingerprint density at radius 2 is 2.25 bits per heavy atom. The molecule has 0 saturated heterocycles. The highest BCUT2D eigenvalue weighted by Crippen LogP contribution is 2.33. The largest absolute Gasteiger partial charge is 0.376 e. The zero-order valence-corrected chi connectivity index (χ0v) is 12.9. The van der Waals surface area contributed by atoms with Crippen molar-refractivity contribution in [3.8, 4) is 0 Å². The van der Waals surface area contributed by atoms with Crippen LogP contribution in [0.3, 0.4) is 0 Å². The number of rotatable bonds is 2. The summed E-state index contributed by atoms with van der Waals surface area (Å²) in [5.41, 5.74) is 4.27. The molecule has 104 valence electrons. The van der Waals surface area contributed by atoms with Gasteiger partial charge in [0.05, 0.1) is 16.2 Å². The van der Waals surface area contributed by atoms with Gasteiger partial charge in [0.25, 0.3) is 0 Å². The maximum Gasteiger partial charge on any atom is 0.139 e. The van der Waals surface area contributed by atoms with E-state index in [1.165, 1.54) is 5.56 Å². The van der Waals surface area contributed by atoms with Crippen LogP contribution in [0, 0.1) is 12.7 Å². The van der Waals surface area contributed by atoms with E-state index in [1.54, 1.807) is 12.1 Å². The van der Waals surface area contributed by atoms with E-state index in [-0.39, 0.29) is 11.9 Å². The van der Waals surface area contributed by atoms with Crippen molar-refractivity contribution < 1.29 is 4.39 Å². The van der Waals surface area contributed by atoms with Crippen LogP contribution >= 0.6 is 15.9 Å². The van der Waals surface area contributed by atoms with Crippen molar-refractivity contribution in [2.75, 3.05) is 5.32 Å². The number of aromatic nitrogens is 1.